The van der Waals surface area contributed by atoms with Crippen LogP contribution < -0.4 is 4.90 Å². The molecule has 4 rings (SSSR count). The molecule has 0 bridgehead atoms. The smallest absolute Gasteiger partial charge is 0.348 e. The predicted octanol–water partition coefficient (Wildman–Crippen LogP) is 5.56. The lowest BCUT2D eigenvalue weighted by molar-refractivity contribution is -0.115. The molecule has 0 aliphatic heterocycles. The van der Waals surface area contributed by atoms with Crippen molar-refractivity contribution in [2.24, 2.45) is 5.92 Å². The molecule has 3 aromatic heterocycles. The van der Waals surface area contributed by atoms with E-state index in [4.69, 9.17) is 4.74 Å². The molecular weight excluding hydrogens is 444 g/mol. The topological polar surface area (TPSA) is 77.3 Å². The van der Waals surface area contributed by atoms with Gasteiger partial charge in [0.05, 0.1) is 17.1 Å². The number of anilines is 2. The highest BCUT2D eigenvalue weighted by atomic mass is 32.1. The van der Waals surface area contributed by atoms with Crippen LogP contribution in [0.2, 0.25) is 0 Å². The van der Waals surface area contributed by atoms with E-state index in [9.17, 15) is 9.59 Å². The van der Waals surface area contributed by atoms with Crippen LogP contribution in [0.25, 0.3) is 10.2 Å². The third-order valence-corrected chi connectivity index (χ3v) is 6.76. The van der Waals surface area contributed by atoms with Crippen molar-refractivity contribution in [2.45, 2.75) is 40.8 Å². The summed E-state index contributed by atoms with van der Waals surface area (Å²) in [4.78, 5) is 32.4. The van der Waals surface area contributed by atoms with E-state index in [1.165, 1.54) is 29.6 Å². The Morgan fingerprint density at radius 1 is 1.22 bits per heavy atom. The summed E-state index contributed by atoms with van der Waals surface area (Å²) in [5.41, 5.74) is 2.25. The van der Waals surface area contributed by atoms with Crippen LogP contribution in [0.1, 0.15) is 41.8 Å². The van der Waals surface area contributed by atoms with Crippen molar-refractivity contribution >= 4 is 55.6 Å². The molecule has 1 aromatic carbocycles. The molecular formula is C23H24N4O3S2. The van der Waals surface area contributed by atoms with Gasteiger partial charge in [-0.15, -0.1) is 22.7 Å². The molecule has 0 radical (unpaired) electrons. The number of benzene rings is 1. The Kier molecular flexibility index (Phi) is 6.38. The molecule has 166 valence electrons. The maximum atomic E-state index is 12.7. The molecule has 0 fully saturated rings. The number of para-hydroxylation sites is 1. The highest BCUT2D eigenvalue weighted by Gasteiger charge is 2.20. The second kappa shape index (κ2) is 9.22. The molecule has 0 atom stereocenters. The average Bonchev–Trinajstić information content (AvgIpc) is 3.45. The van der Waals surface area contributed by atoms with E-state index in [1.54, 1.807) is 10.3 Å². The van der Waals surface area contributed by atoms with E-state index in [0.717, 1.165) is 28.1 Å². The summed E-state index contributed by atoms with van der Waals surface area (Å²) in [6, 6.07) is 11.2. The molecule has 0 spiro atoms. The van der Waals surface area contributed by atoms with Crippen LogP contribution >= 0.6 is 22.7 Å². The van der Waals surface area contributed by atoms with Gasteiger partial charge in [-0.2, -0.15) is 5.10 Å². The first-order valence-corrected chi connectivity index (χ1v) is 12.0. The van der Waals surface area contributed by atoms with Gasteiger partial charge in [0.25, 0.3) is 0 Å². The van der Waals surface area contributed by atoms with Crippen molar-refractivity contribution in [2.75, 3.05) is 4.90 Å². The number of carbonyl (C=O) groups excluding carboxylic acids is 2. The van der Waals surface area contributed by atoms with Crippen LogP contribution in [0.3, 0.4) is 0 Å². The van der Waals surface area contributed by atoms with E-state index in [-0.39, 0.29) is 18.5 Å². The van der Waals surface area contributed by atoms with Gasteiger partial charge in [-0.1, -0.05) is 32.0 Å². The van der Waals surface area contributed by atoms with Crippen molar-refractivity contribution in [3.8, 4) is 0 Å². The number of thiophene rings is 1. The van der Waals surface area contributed by atoms with E-state index < -0.39 is 0 Å². The molecule has 1 amide bonds. The SMILES string of the molecule is CC(=O)N(c1ccccc1)c1nc(COC(=O)c2cc3c(C)nn(CC(C)C)c3s2)cs1. The first-order valence-electron chi connectivity index (χ1n) is 10.3. The fourth-order valence-electron chi connectivity index (χ4n) is 3.36. The first-order chi connectivity index (χ1) is 15.3. The van der Waals surface area contributed by atoms with E-state index >= 15 is 0 Å². The lowest BCUT2D eigenvalue weighted by Crippen LogP contribution is -2.22. The van der Waals surface area contributed by atoms with Crippen LogP contribution in [-0.4, -0.2) is 26.6 Å². The highest BCUT2D eigenvalue weighted by molar-refractivity contribution is 7.20. The summed E-state index contributed by atoms with van der Waals surface area (Å²) in [5, 5.41) is 7.91. The minimum Gasteiger partial charge on any atom is -0.455 e. The normalized spacial score (nSPS) is 11.3. The van der Waals surface area contributed by atoms with Gasteiger partial charge >= 0.3 is 5.97 Å². The van der Waals surface area contributed by atoms with Crippen molar-refractivity contribution in [3.05, 3.63) is 58.0 Å². The van der Waals surface area contributed by atoms with Crippen LogP contribution in [0, 0.1) is 12.8 Å². The van der Waals surface area contributed by atoms with Crippen LogP contribution in [0.5, 0.6) is 0 Å². The molecule has 7 nitrogen and oxygen atoms in total. The van der Waals surface area contributed by atoms with E-state index in [2.05, 4.69) is 23.9 Å². The number of amides is 1. The monoisotopic (exact) mass is 468 g/mol. The van der Waals surface area contributed by atoms with Gasteiger partial charge in [-0.05, 0) is 31.0 Å². The summed E-state index contributed by atoms with van der Waals surface area (Å²) < 4.78 is 7.48. The summed E-state index contributed by atoms with van der Waals surface area (Å²) in [7, 11) is 0. The predicted molar refractivity (Wildman–Crippen MR) is 128 cm³/mol. The molecule has 32 heavy (non-hydrogen) atoms. The Morgan fingerprint density at radius 2 is 1.97 bits per heavy atom. The molecule has 0 saturated carbocycles. The third kappa shape index (κ3) is 4.58. The van der Waals surface area contributed by atoms with Crippen LogP contribution in [0.4, 0.5) is 10.8 Å². The third-order valence-electron chi connectivity index (χ3n) is 4.76. The number of esters is 1. The molecule has 0 N–H and O–H groups in total. The Morgan fingerprint density at radius 3 is 2.66 bits per heavy atom. The summed E-state index contributed by atoms with van der Waals surface area (Å²) in [6.07, 6.45) is 0. The van der Waals surface area contributed by atoms with Gasteiger partial charge in [-0.3, -0.25) is 14.4 Å². The number of aromatic nitrogens is 3. The van der Waals surface area contributed by atoms with E-state index in [0.29, 0.717) is 21.6 Å². The Bertz CT molecular complexity index is 1260. The number of ether oxygens (including phenoxy) is 1. The lowest BCUT2D eigenvalue weighted by atomic mass is 10.2. The average molecular weight is 469 g/mol. The molecule has 4 aromatic rings. The number of fused-ring (bicyclic) bond motifs is 1. The number of aryl methyl sites for hydroxylation is 1. The number of rotatable bonds is 7. The summed E-state index contributed by atoms with van der Waals surface area (Å²) >= 11 is 2.73. The zero-order valence-electron chi connectivity index (χ0n) is 18.4. The van der Waals surface area contributed by atoms with Gasteiger partial charge in [0.2, 0.25) is 5.91 Å². The van der Waals surface area contributed by atoms with Crippen molar-refractivity contribution < 1.29 is 14.3 Å². The number of hydrogen-bond acceptors (Lipinski definition) is 7. The molecule has 9 heteroatoms. The van der Waals surface area contributed by atoms with Gasteiger partial charge in [-0.25, -0.2) is 9.78 Å². The van der Waals surface area contributed by atoms with Gasteiger partial charge < -0.3 is 4.74 Å². The highest BCUT2D eigenvalue weighted by Crippen LogP contribution is 2.31. The van der Waals surface area contributed by atoms with Gasteiger partial charge in [0, 0.05) is 24.2 Å². The lowest BCUT2D eigenvalue weighted by Gasteiger charge is -2.17. The van der Waals surface area contributed by atoms with Gasteiger partial charge in [0.1, 0.15) is 16.3 Å². The number of carbonyl (C=O) groups is 2. The summed E-state index contributed by atoms with van der Waals surface area (Å²) in [5.74, 6) is -0.0628. The van der Waals surface area contributed by atoms with Crippen molar-refractivity contribution in [1.82, 2.24) is 14.8 Å². The van der Waals surface area contributed by atoms with Crippen molar-refractivity contribution in [1.29, 1.82) is 0 Å². The molecule has 0 aliphatic carbocycles. The zero-order chi connectivity index (χ0) is 22.8. The van der Waals surface area contributed by atoms with Gasteiger partial charge in [0.15, 0.2) is 5.13 Å². The maximum absolute atomic E-state index is 12.7. The quantitative estimate of drug-likeness (QED) is 0.332. The Labute approximate surface area is 194 Å². The Balaban J connectivity index is 1.47. The van der Waals surface area contributed by atoms with Crippen molar-refractivity contribution in [3.63, 3.8) is 0 Å². The fourth-order valence-corrected chi connectivity index (χ4v) is 5.30. The van der Waals surface area contributed by atoms with Crippen LogP contribution in [0.15, 0.2) is 41.8 Å². The number of nitrogens with zero attached hydrogens (tertiary/aromatic N) is 4. The maximum Gasteiger partial charge on any atom is 0.348 e. The minimum atomic E-state index is -0.386. The fraction of sp³-hybridized carbons (Fsp3) is 0.304. The van der Waals surface area contributed by atoms with E-state index in [1.807, 2.05) is 48.0 Å². The number of hydrogen-bond donors (Lipinski definition) is 0. The molecule has 0 saturated heterocycles. The molecule has 3 heterocycles. The minimum absolute atomic E-state index is 0.0429. The largest absolute Gasteiger partial charge is 0.455 e. The zero-order valence-corrected chi connectivity index (χ0v) is 20.0. The second-order valence-corrected chi connectivity index (χ2v) is 9.75. The number of thiazole rings is 1. The standard InChI is InChI=1S/C23H24N4O3S2/c1-14(2)11-26-21-19(15(3)25-26)10-20(32-21)22(29)30-12-17-13-31-23(24-17)27(16(4)28)18-8-6-5-7-9-18/h5-10,13-14H,11-12H2,1-4H3. The second-order valence-electron chi connectivity index (χ2n) is 7.88. The molecule has 0 aliphatic rings. The van der Waals surface area contributed by atoms with Crippen LogP contribution in [-0.2, 0) is 22.7 Å². The summed E-state index contributed by atoms with van der Waals surface area (Å²) in [6.45, 7) is 8.57. The molecule has 0 unspecified atom stereocenters. The first kappa shape index (κ1) is 22.2. The Hall–Kier alpha value is -3.04.